The second-order valence-corrected chi connectivity index (χ2v) is 4.37. The van der Waals surface area contributed by atoms with Crippen LogP contribution in [0.15, 0.2) is 24.3 Å². The van der Waals surface area contributed by atoms with Gasteiger partial charge in [-0.05, 0) is 6.07 Å². The molecule has 0 amide bonds. The Morgan fingerprint density at radius 2 is 1.27 bits per heavy atom. The molecular formula is C16H18O6. The summed E-state index contributed by atoms with van der Waals surface area (Å²) in [6.45, 7) is 0. The van der Waals surface area contributed by atoms with Gasteiger partial charge in [0.05, 0.1) is 34.0 Å². The summed E-state index contributed by atoms with van der Waals surface area (Å²) < 4.78 is 21.0. The van der Waals surface area contributed by atoms with E-state index in [4.69, 9.17) is 18.9 Å². The number of benzene rings is 2. The maximum Gasteiger partial charge on any atom is 0.211 e. The van der Waals surface area contributed by atoms with E-state index >= 15 is 0 Å². The van der Waals surface area contributed by atoms with Crippen LogP contribution in [0.5, 0.6) is 34.5 Å². The summed E-state index contributed by atoms with van der Waals surface area (Å²) in [5.41, 5.74) is 0.811. The monoisotopic (exact) mass is 306 g/mol. The largest absolute Gasteiger partial charge is 0.504 e. The minimum atomic E-state index is -0.430. The van der Waals surface area contributed by atoms with E-state index in [2.05, 4.69) is 0 Å². The van der Waals surface area contributed by atoms with Crippen LogP contribution in [0.3, 0.4) is 0 Å². The number of hydrogen-bond donors (Lipinski definition) is 2. The smallest absolute Gasteiger partial charge is 0.211 e. The Balaban J connectivity index is 2.89. The molecule has 6 nitrogen and oxygen atoms in total. The van der Waals surface area contributed by atoms with Gasteiger partial charge in [-0.25, -0.2) is 0 Å². The van der Waals surface area contributed by atoms with Crippen molar-refractivity contribution in [3.8, 4) is 45.6 Å². The lowest BCUT2D eigenvalue weighted by Crippen LogP contribution is -1.99. The highest BCUT2D eigenvalue weighted by atomic mass is 16.5. The minimum Gasteiger partial charge on any atom is -0.504 e. The number of phenolic OH excluding ortho intramolecular Hbond substituents is 2. The maximum absolute atomic E-state index is 10.4. The normalized spacial score (nSPS) is 10.2. The summed E-state index contributed by atoms with van der Waals surface area (Å²) in [4.78, 5) is 0. The fourth-order valence-electron chi connectivity index (χ4n) is 2.33. The van der Waals surface area contributed by atoms with Crippen molar-refractivity contribution in [2.24, 2.45) is 0 Å². The highest BCUT2D eigenvalue weighted by molar-refractivity contribution is 5.88. The van der Waals surface area contributed by atoms with Crippen molar-refractivity contribution in [1.29, 1.82) is 0 Å². The molecule has 0 bridgehead atoms. The van der Waals surface area contributed by atoms with Crippen LogP contribution in [0, 0.1) is 0 Å². The van der Waals surface area contributed by atoms with E-state index in [0.29, 0.717) is 11.3 Å². The second-order valence-electron chi connectivity index (χ2n) is 4.37. The lowest BCUT2D eigenvalue weighted by atomic mass is 10.0. The molecule has 0 spiro atoms. The molecule has 118 valence electrons. The first-order valence-corrected chi connectivity index (χ1v) is 6.47. The Kier molecular flexibility index (Phi) is 4.50. The van der Waals surface area contributed by atoms with Crippen LogP contribution in [0.25, 0.3) is 11.1 Å². The Hall–Kier alpha value is -2.76. The van der Waals surface area contributed by atoms with Crippen LogP contribution < -0.4 is 18.9 Å². The number of phenols is 2. The molecule has 0 saturated heterocycles. The molecule has 22 heavy (non-hydrogen) atoms. The standard InChI is InChI=1S/C16H18O6/c1-19-10-8-6-5-7-9(10)11-12(17)13(18)15(21-3)16(22-4)14(11)20-2/h5-8,17-18H,1-4H3. The maximum atomic E-state index is 10.4. The van der Waals surface area contributed by atoms with Gasteiger partial charge in [0.15, 0.2) is 11.5 Å². The van der Waals surface area contributed by atoms with Gasteiger partial charge >= 0.3 is 0 Å². The molecule has 0 unspecified atom stereocenters. The van der Waals surface area contributed by atoms with Crippen molar-refractivity contribution < 1.29 is 29.2 Å². The summed E-state index contributed by atoms with van der Waals surface area (Å²) in [7, 11) is 5.73. The second kappa shape index (κ2) is 6.34. The Bertz CT molecular complexity index is 681. The van der Waals surface area contributed by atoms with E-state index in [1.54, 1.807) is 24.3 Å². The summed E-state index contributed by atoms with van der Waals surface area (Å²) in [6.07, 6.45) is 0. The number of ether oxygens (including phenoxy) is 4. The molecule has 0 aliphatic rings. The van der Waals surface area contributed by atoms with Gasteiger partial charge in [0.1, 0.15) is 5.75 Å². The highest BCUT2D eigenvalue weighted by Crippen LogP contribution is 2.57. The zero-order chi connectivity index (χ0) is 16.3. The molecular weight excluding hydrogens is 288 g/mol. The van der Waals surface area contributed by atoms with E-state index in [-0.39, 0.29) is 28.6 Å². The van der Waals surface area contributed by atoms with Crippen molar-refractivity contribution in [3.05, 3.63) is 24.3 Å². The quantitative estimate of drug-likeness (QED) is 0.827. The van der Waals surface area contributed by atoms with Crippen LogP contribution in [-0.2, 0) is 0 Å². The van der Waals surface area contributed by atoms with Gasteiger partial charge in [-0.1, -0.05) is 18.2 Å². The van der Waals surface area contributed by atoms with Crippen LogP contribution in [-0.4, -0.2) is 38.7 Å². The van der Waals surface area contributed by atoms with Gasteiger partial charge < -0.3 is 29.2 Å². The number of para-hydroxylation sites is 1. The van der Waals surface area contributed by atoms with Crippen molar-refractivity contribution in [3.63, 3.8) is 0 Å². The number of aromatic hydroxyl groups is 2. The Morgan fingerprint density at radius 1 is 0.682 bits per heavy atom. The molecule has 0 aliphatic carbocycles. The first kappa shape index (κ1) is 15.6. The van der Waals surface area contributed by atoms with Crippen molar-refractivity contribution in [2.75, 3.05) is 28.4 Å². The lowest BCUT2D eigenvalue weighted by Gasteiger charge is -2.20. The third kappa shape index (κ3) is 2.32. The molecule has 0 aliphatic heterocycles. The van der Waals surface area contributed by atoms with Gasteiger partial charge in [-0.3, -0.25) is 0 Å². The first-order chi connectivity index (χ1) is 10.6. The molecule has 0 heterocycles. The van der Waals surface area contributed by atoms with Gasteiger partial charge in [0.25, 0.3) is 0 Å². The molecule has 2 rings (SSSR count). The summed E-state index contributed by atoms with van der Waals surface area (Å²) in [5.74, 6) is 0.124. The topological polar surface area (TPSA) is 77.4 Å². The highest BCUT2D eigenvalue weighted by Gasteiger charge is 2.28. The lowest BCUT2D eigenvalue weighted by molar-refractivity contribution is 0.302. The van der Waals surface area contributed by atoms with E-state index < -0.39 is 5.75 Å². The third-order valence-electron chi connectivity index (χ3n) is 3.30. The third-order valence-corrected chi connectivity index (χ3v) is 3.30. The zero-order valence-corrected chi connectivity index (χ0v) is 12.8. The van der Waals surface area contributed by atoms with E-state index in [9.17, 15) is 10.2 Å². The van der Waals surface area contributed by atoms with Crippen LogP contribution in [0.1, 0.15) is 0 Å². The molecule has 0 atom stereocenters. The van der Waals surface area contributed by atoms with Crippen LogP contribution in [0.2, 0.25) is 0 Å². The van der Waals surface area contributed by atoms with Crippen molar-refractivity contribution >= 4 is 0 Å². The summed E-state index contributed by atoms with van der Waals surface area (Å²) >= 11 is 0. The number of methoxy groups -OCH3 is 4. The number of hydrogen-bond acceptors (Lipinski definition) is 6. The Labute approximate surface area is 128 Å². The number of rotatable bonds is 5. The van der Waals surface area contributed by atoms with Gasteiger partial charge in [-0.2, -0.15) is 0 Å². The van der Waals surface area contributed by atoms with Gasteiger partial charge in [0.2, 0.25) is 17.2 Å². The summed E-state index contributed by atoms with van der Waals surface area (Å²) in [5, 5.41) is 20.6. The van der Waals surface area contributed by atoms with Gasteiger partial charge in [-0.15, -0.1) is 0 Å². The predicted octanol–water partition coefficient (Wildman–Crippen LogP) is 2.80. The molecule has 0 saturated carbocycles. The minimum absolute atomic E-state index is 0.00417. The van der Waals surface area contributed by atoms with E-state index in [1.807, 2.05) is 0 Å². The molecule has 0 radical (unpaired) electrons. The van der Waals surface area contributed by atoms with E-state index in [1.165, 1.54) is 28.4 Å². The Morgan fingerprint density at radius 3 is 1.82 bits per heavy atom. The molecule has 2 aromatic carbocycles. The van der Waals surface area contributed by atoms with Gasteiger partial charge in [0, 0.05) is 5.56 Å². The van der Waals surface area contributed by atoms with Crippen LogP contribution >= 0.6 is 0 Å². The van der Waals surface area contributed by atoms with Crippen molar-refractivity contribution in [1.82, 2.24) is 0 Å². The zero-order valence-electron chi connectivity index (χ0n) is 12.8. The molecule has 2 aromatic rings. The molecule has 6 heteroatoms. The van der Waals surface area contributed by atoms with Crippen molar-refractivity contribution in [2.45, 2.75) is 0 Å². The fraction of sp³-hybridized carbons (Fsp3) is 0.250. The SMILES string of the molecule is COc1ccccc1-c1c(O)c(O)c(OC)c(OC)c1OC. The average Bonchev–Trinajstić information content (AvgIpc) is 2.56. The fourth-order valence-corrected chi connectivity index (χ4v) is 2.33. The molecule has 2 N–H and O–H groups in total. The average molecular weight is 306 g/mol. The predicted molar refractivity (Wildman–Crippen MR) is 81.4 cm³/mol. The molecule has 0 aromatic heterocycles. The molecule has 0 fully saturated rings. The summed E-state index contributed by atoms with van der Waals surface area (Å²) in [6, 6.07) is 7.06. The first-order valence-electron chi connectivity index (χ1n) is 6.47. The van der Waals surface area contributed by atoms with E-state index in [0.717, 1.165) is 0 Å². The van der Waals surface area contributed by atoms with Crippen LogP contribution in [0.4, 0.5) is 0 Å².